The monoisotopic (exact) mass is 450 g/mol. The number of fused-ring (bicyclic) bond motifs is 9. The third-order valence-electron chi connectivity index (χ3n) is 6.52. The summed E-state index contributed by atoms with van der Waals surface area (Å²) in [5.74, 6) is 0. The largest absolute Gasteiger partial charge is 0.355 e. The number of aromatic amines is 3. The first-order chi connectivity index (χ1) is 17.3. The lowest BCUT2D eigenvalue weighted by Gasteiger charge is -2.05. The van der Waals surface area contributed by atoms with Crippen molar-refractivity contribution in [2.75, 3.05) is 0 Å². The Labute approximate surface area is 202 Å². The van der Waals surface area contributed by atoms with Crippen LogP contribution >= 0.6 is 0 Å². The van der Waals surface area contributed by atoms with Gasteiger partial charge in [-0.1, -0.05) is 60.7 Å². The van der Waals surface area contributed by atoms with Gasteiger partial charge in [0.25, 0.3) is 0 Å². The average Bonchev–Trinajstić information content (AvgIpc) is 3.70. The highest BCUT2D eigenvalue weighted by atomic mass is 14.8. The summed E-state index contributed by atoms with van der Waals surface area (Å²) >= 11 is 0. The minimum atomic E-state index is 0.938. The Morgan fingerprint density at radius 1 is 0.429 bits per heavy atom. The lowest BCUT2D eigenvalue weighted by Crippen LogP contribution is -1.87. The Kier molecular flexibility index (Phi) is 4.42. The average molecular weight is 451 g/mol. The van der Waals surface area contributed by atoms with E-state index in [1.165, 1.54) is 0 Å². The molecule has 0 saturated carbocycles. The highest BCUT2D eigenvalue weighted by Gasteiger charge is 2.14. The van der Waals surface area contributed by atoms with Gasteiger partial charge >= 0.3 is 0 Å². The van der Waals surface area contributed by atoms with Crippen LogP contribution in [-0.2, 0) is 0 Å². The zero-order valence-corrected chi connectivity index (χ0v) is 18.9. The summed E-state index contributed by atoms with van der Waals surface area (Å²) in [5, 5.41) is 0. The summed E-state index contributed by atoms with van der Waals surface area (Å²) in [6.07, 6.45) is 4.24. The summed E-state index contributed by atoms with van der Waals surface area (Å²) in [6.45, 7) is 0. The van der Waals surface area contributed by atoms with Gasteiger partial charge in [-0.25, -0.2) is 4.98 Å². The number of hydrogen-bond donors (Lipinski definition) is 3. The van der Waals surface area contributed by atoms with Gasteiger partial charge in [-0.05, 0) is 65.7 Å². The first-order valence-corrected chi connectivity index (χ1v) is 11.7. The summed E-state index contributed by atoms with van der Waals surface area (Å²) < 4.78 is 0. The molecule has 35 heavy (non-hydrogen) atoms. The van der Waals surface area contributed by atoms with Crippen LogP contribution in [0.1, 0.15) is 11.4 Å². The molecular formula is C31H22N4. The molecule has 2 aromatic carbocycles. The summed E-state index contributed by atoms with van der Waals surface area (Å²) in [5.41, 5.74) is 12.5. The van der Waals surface area contributed by atoms with Crippen LogP contribution in [0.3, 0.4) is 0 Å². The standard InChI is InChI=1S/C31H22N4/c1-3-7-20(8-4-1)30-26-14-12-23(33-26)19-22-11-13-24(32-22)25-15-16-27(34-25)31(21-9-5-2-6-10-21)29-18-17-28(30)35-29/h1-19,32-34H. The molecule has 7 rings (SSSR count). The van der Waals surface area contributed by atoms with Crippen LogP contribution in [0.2, 0.25) is 0 Å². The number of nitrogens with one attached hydrogen (secondary N) is 3. The van der Waals surface area contributed by atoms with Crippen molar-refractivity contribution >= 4 is 45.3 Å². The van der Waals surface area contributed by atoms with E-state index in [1.807, 2.05) is 12.1 Å². The zero-order chi connectivity index (χ0) is 23.2. The molecule has 3 N–H and O–H groups in total. The molecule has 5 heterocycles. The molecular weight excluding hydrogens is 428 g/mol. The first kappa shape index (κ1) is 19.6. The number of nitrogens with zero attached hydrogens (tertiary/aromatic N) is 1. The number of hydrogen-bond acceptors (Lipinski definition) is 1. The van der Waals surface area contributed by atoms with E-state index in [4.69, 9.17) is 4.98 Å². The molecule has 1 aliphatic heterocycles. The van der Waals surface area contributed by atoms with Crippen LogP contribution in [-0.4, -0.2) is 19.9 Å². The highest BCUT2D eigenvalue weighted by molar-refractivity contribution is 5.96. The van der Waals surface area contributed by atoms with E-state index in [-0.39, 0.29) is 0 Å². The Morgan fingerprint density at radius 3 is 1.51 bits per heavy atom. The Bertz CT molecular complexity index is 1830. The molecule has 0 saturated heterocycles. The van der Waals surface area contributed by atoms with Crippen LogP contribution in [0.4, 0.5) is 0 Å². The van der Waals surface area contributed by atoms with E-state index in [2.05, 4.69) is 118 Å². The lowest BCUT2D eigenvalue weighted by molar-refractivity contribution is 1.32. The third kappa shape index (κ3) is 3.44. The van der Waals surface area contributed by atoms with Crippen molar-refractivity contribution in [1.29, 1.82) is 0 Å². The number of rotatable bonds is 2. The van der Waals surface area contributed by atoms with Crippen LogP contribution in [0, 0.1) is 0 Å². The second kappa shape index (κ2) is 7.89. The van der Waals surface area contributed by atoms with Gasteiger partial charge in [0.05, 0.1) is 22.4 Å². The summed E-state index contributed by atoms with van der Waals surface area (Å²) in [4.78, 5) is 16.0. The van der Waals surface area contributed by atoms with Crippen LogP contribution < -0.4 is 0 Å². The van der Waals surface area contributed by atoms with Gasteiger partial charge in [0.2, 0.25) is 0 Å². The molecule has 8 bridgehead atoms. The maximum Gasteiger partial charge on any atom is 0.0737 e. The second-order valence-electron chi connectivity index (χ2n) is 8.78. The molecule has 0 amide bonds. The first-order valence-electron chi connectivity index (χ1n) is 11.7. The fourth-order valence-electron chi connectivity index (χ4n) is 4.89. The smallest absolute Gasteiger partial charge is 0.0737 e. The van der Waals surface area contributed by atoms with Crippen LogP contribution in [0.15, 0.2) is 103 Å². The van der Waals surface area contributed by atoms with Gasteiger partial charge in [-0.3, -0.25) is 0 Å². The van der Waals surface area contributed by atoms with E-state index < -0.39 is 0 Å². The molecule has 4 heteroatoms. The molecule has 166 valence electrons. The molecule has 0 unspecified atom stereocenters. The Morgan fingerprint density at radius 2 is 0.886 bits per heavy atom. The van der Waals surface area contributed by atoms with E-state index in [1.54, 1.807) is 0 Å². The normalized spacial score (nSPS) is 11.9. The topological polar surface area (TPSA) is 60.3 Å². The quantitative estimate of drug-likeness (QED) is 0.245. The second-order valence-corrected chi connectivity index (χ2v) is 8.78. The van der Waals surface area contributed by atoms with Crippen LogP contribution in [0.5, 0.6) is 0 Å². The molecule has 0 atom stereocenters. The fraction of sp³-hybridized carbons (Fsp3) is 0. The fourth-order valence-corrected chi connectivity index (χ4v) is 4.89. The maximum absolute atomic E-state index is 5.18. The predicted octanol–water partition coefficient (Wildman–Crippen LogP) is 8.03. The molecule has 0 fully saturated rings. The van der Waals surface area contributed by atoms with Crippen molar-refractivity contribution in [2.24, 2.45) is 0 Å². The summed E-state index contributed by atoms with van der Waals surface area (Å²) in [6, 6.07) is 35.8. The molecule has 4 aromatic heterocycles. The molecule has 6 aromatic rings. The SMILES string of the molecule is C1=Cc2nc1c(-c1ccccc1)c1ccc(cc3ccc([nH]3)c3ccc([nH]3)c2-c2ccccc2)[nH]1. The molecule has 4 nitrogen and oxygen atoms in total. The lowest BCUT2D eigenvalue weighted by atomic mass is 10.0. The van der Waals surface area contributed by atoms with Gasteiger partial charge in [0.15, 0.2) is 0 Å². The van der Waals surface area contributed by atoms with E-state index in [0.717, 1.165) is 66.7 Å². The minimum Gasteiger partial charge on any atom is -0.355 e. The van der Waals surface area contributed by atoms with Gasteiger partial charge in [-0.2, -0.15) is 0 Å². The molecule has 0 radical (unpaired) electrons. The van der Waals surface area contributed by atoms with Crippen molar-refractivity contribution in [1.82, 2.24) is 19.9 Å². The third-order valence-corrected chi connectivity index (χ3v) is 6.52. The maximum atomic E-state index is 5.18. The van der Waals surface area contributed by atoms with Crippen LogP contribution in [0.25, 0.3) is 67.5 Å². The number of H-pyrrole nitrogens is 3. The molecule has 0 aliphatic carbocycles. The van der Waals surface area contributed by atoms with Crippen molar-refractivity contribution in [3.05, 3.63) is 115 Å². The Hall–Kier alpha value is -4.83. The van der Waals surface area contributed by atoms with Crippen molar-refractivity contribution < 1.29 is 0 Å². The van der Waals surface area contributed by atoms with Crippen molar-refractivity contribution in [3.8, 4) is 22.3 Å². The minimum absolute atomic E-state index is 0.938. The molecule has 0 spiro atoms. The van der Waals surface area contributed by atoms with Gasteiger partial charge in [0.1, 0.15) is 0 Å². The zero-order valence-electron chi connectivity index (χ0n) is 18.9. The summed E-state index contributed by atoms with van der Waals surface area (Å²) in [7, 11) is 0. The van der Waals surface area contributed by atoms with E-state index >= 15 is 0 Å². The van der Waals surface area contributed by atoms with Gasteiger partial charge in [0, 0.05) is 33.2 Å². The predicted molar refractivity (Wildman–Crippen MR) is 146 cm³/mol. The van der Waals surface area contributed by atoms with E-state index in [0.29, 0.717) is 0 Å². The van der Waals surface area contributed by atoms with Gasteiger partial charge in [-0.15, -0.1) is 0 Å². The van der Waals surface area contributed by atoms with E-state index in [9.17, 15) is 0 Å². The number of aromatic nitrogens is 4. The Balaban J connectivity index is 1.67. The molecule has 1 aliphatic rings. The highest BCUT2D eigenvalue weighted by Crippen LogP contribution is 2.34. The van der Waals surface area contributed by atoms with Crippen molar-refractivity contribution in [2.45, 2.75) is 0 Å². The number of benzene rings is 2. The van der Waals surface area contributed by atoms with Gasteiger partial charge < -0.3 is 15.0 Å². The van der Waals surface area contributed by atoms with Crippen molar-refractivity contribution in [3.63, 3.8) is 0 Å².